The standard InChI is InChI=1S/C23H20Cl2N6OS2/c1-14-10-15(12-26-30-22(33)28-19-8-4-2-6-17(19)24)21(32)16(11-14)13-27-31-23(34)29-20-9-5-3-7-18(20)25/h2-13,32H,1H3,(H2,28,30,33)(H2,29,31,34)/b26-12-,27-13?. The van der Waals surface area contributed by atoms with Crippen molar-refractivity contribution in [2.24, 2.45) is 10.2 Å². The molecule has 0 saturated heterocycles. The minimum absolute atomic E-state index is 0.00309. The van der Waals surface area contributed by atoms with Crippen molar-refractivity contribution in [1.82, 2.24) is 10.9 Å². The first-order valence-corrected chi connectivity index (χ1v) is 11.4. The zero-order chi connectivity index (χ0) is 24.5. The molecule has 0 radical (unpaired) electrons. The summed E-state index contributed by atoms with van der Waals surface area (Å²) in [5.41, 5.74) is 8.56. The van der Waals surface area contributed by atoms with E-state index in [-0.39, 0.29) is 16.0 Å². The number of phenolic OH excluding ortho intramolecular Hbond substituents is 1. The highest BCUT2D eigenvalue weighted by Crippen LogP contribution is 2.23. The molecule has 3 aromatic rings. The number of phenols is 1. The summed E-state index contributed by atoms with van der Waals surface area (Å²) in [5, 5.41) is 26.3. The van der Waals surface area contributed by atoms with Gasteiger partial charge in [0.25, 0.3) is 0 Å². The van der Waals surface area contributed by atoms with Gasteiger partial charge in [-0.05, 0) is 73.3 Å². The second-order valence-corrected chi connectivity index (χ2v) is 8.53. The fourth-order valence-electron chi connectivity index (χ4n) is 2.78. The minimum atomic E-state index is -0.00309. The number of thiocarbonyl (C=S) groups is 2. The van der Waals surface area contributed by atoms with E-state index >= 15 is 0 Å². The van der Waals surface area contributed by atoms with Gasteiger partial charge in [0.15, 0.2) is 10.2 Å². The van der Waals surface area contributed by atoms with Crippen molar-refractivity contribution in [3.63, 3.8) is 0 Å². The Labute approximate surface area is 217 Å². The monoisotopic (exact) mass is 530 g/mol. The molecule has 34 heavy (non-hydrogen) atoms. The number of aromatic hydroxyl groups is 1. The van der Waals surface area contributed by atoms with Gasteiger partial charge in [0.1, 0.15) is 5.75 Å². The smallest absolute Gasteiger partial charge is 0.191 e. The lowest BCUT2D eigenvalue weighted by Crippen LogP contribution is -2.24. The van der Waals surface area contributed by atoms with Gasteiger partial charge in [0, 0.05) is 11.1 Å². The SMILES string of the molecule is Cc1cc(C=NNC(=S)Nc2ccccc2Cl)c(O)c(/C=N\NC(=S)Nc2ccccc2Cl)c1. The maximum Gasteiger partial charge on any atom is 0.191 e. The van der Waals surface area contributed by atoms with E-state index in [9.17, 15) is 5.11 Å². The molecule has 174 valence electrons. The summed E-state index contributed by atoms with van der Waals surface area (Å²) in [5.74, 6) is -0.00309. The molecule has 0 atom stereocenters. The van der Waals surface area contributed by atoms with Gasteiger partial charge in [-0.1, -0.05) is 47.5 Å². The molecular formula is C23H20Cl2N6OS2. The molecule has 0 aliphatic heterocycles. The predicted octanol–water partition coefficient (Wildman–Crippen LogP) is 5.65. The third-order valence-corrected chi connectivity index (χ3v) is 5.34. The van der Waals surface area contributed by atoms with Crippen molar-refractivity contribution in [3.8, 4) is 5.75 Å². The number of hydrogen-bond acceptors (Lipinski definition) is 5. The van der Waals surface area contributed by atoms with E-state index in [0.29, 0.717) is 32.5 Å². The molecule has 0 aromatic heterocycles. The number of anilines is 2. The lowest BCUT2D eigenvalue weighted by Gasteiger charge is -2.09. The fraction of sp³-hybridized carbons (Fsp3) is 0.0435. The molecule has 0 heterocycles. The van der Waals surface area contributed by atoms with Crippen LogP contribution in [0.1, 0.15) is 16.7 Å². The summed E-state index contributed by atoms with van der Waals surface area (Å²) >= 11 is 22.6. The topological polar surface area (TPSA) is 93.1 Å². The van der Waals surface area contributed by atoms with Gasteiger partial charge in [0.05, 0.1) is 33.8 Å². The second kappa shape index (κ2) is 12.3. The first kappa shape index (κ1) is 25.4. The predicted molar refractivity (Wildman–Crippen MR) is 150 cm³/mol. The van der Waals surface area contributed by atoms with Crippen LogP contribution in [0.5, 0.6) is 5.75 Å². The Bertz CT molecular complexity index is 1170. The molecular weight excluding hydrogens is 511 g/mol. The Hall–Kier alpha value is -3.24. The lowest BCUT2D eigenvalue weighted by atomic mass is 10.1. The van der Waals surface area contributed by atoms with Gasteiger partial charge >= 0.3 is 0 Å². The molecule has 0 spiro atoms. The fourth-order valence-corrected chi connectivity index (χ4v) is 3.47. The number of nitrogens with one attached hydrogen (secondary N) is 4. The zero-order valence-corrected chi connectivity index (χ0v) is 21.0. The van der Waals surface area contributed by atoms with Gasteiger partial charge in [-0.3, -0.25) is 10.9 Å². The molecule has 0 aliphatic carbocycles. The molecule has 11 heteroatoms. The highest BCUT2D eigenvalue weighted by Gasteiger charge is 2.07. The van der Waals surface area contributed by atoms with E-state index < -0.39 is 0 Å². The first-order valence-electron chi connectivity index (χ1n) is 9.86. The van der Waals surface area contributed by atoms with E-state index in [0.717, 1.165) is 5.56 Å². The summed E-state index contributed by atoms with van der Waals surface area (Å²) < 4.78 is 0. The average Bonchev–Trinajstić information content (AvgIpc) is 2.79. The van der Waals surface area contributed by atoms with Crippen LogP contribution in [0.4, 0.5) is 11.4 Å². The van der Waals surface area contributed by atoms with Crippen LogP contribution in [0.2, 0.25) is 10.0 Å². The van der Waals surface area contributed by atoms with Gasteiger partial charge in [-0.2, -0.15) is 10.2 Å². The zero-order valence-electron chi connectivity index (χ0n) is 17.8. The maximum absolute atomic E-state index is 10.6. The van der Waals surface area contributed by atoms with Gasteiger partial charge in [-0.25, -0.2) is 0 Å². The quantitative estimate of drug-likeness (QED) is 0.160. The number of nitrogens with zero attached hydrogens (tertiary/aromatic N) is 2. The second-order valence-electron chi connectivity index (χ2n) is 6.90. The summed E-state index contributed by atoms with van der Waals surface area (Å²) in [6.07, 6.45) is 2.91. The molecule has 0 saturated carbocycles. The third-order valence-electron chi connectivity index (χ3n) is 4.30. The molecule has 7 nitrogen and oxygen atoms in total. The van der Waals surface area contributed by atoms with Crippen molar-refractivity contribution < 1.29 is 5.11 Å². The Kier molecular flexibility index (Phi) is 9.17. The number of benzene rings is 3. The average molecular weight is 531 g/mol. The van der Waals surface area contributed by atoms with E-state index in [4.69, 9.17) is 47.6 Å². The van der Waals surface area contributed by atoms with Crippen LogP contribution in [-0.4, -0.2) is 27.8 Å². The molecule has 0 aliphatic rings. The van der Waals surface area contributed by atoms with Crippen LogP contribution in [0, 0.1) is 6.92 Å². The molecule has 3 aromatic carbocycles. The normalized spacial score (nSPS) is 10.9. The summed E-state index contributed by atoms with van der Waals surface area (Å²) in [6, 6.07) is 18.0. The van der Waals surface area contributed by atoms with Crippen LogP contribution in [-0.2, 0) is 0 Å². The van der Waals surface area contributed by atoms with Crippen molar-refractivity contribution in [2.45, 2.75) is 6.92 Å². The number of rotatable bonds is 6. The molecule has 0 amide bonds. The molecule has 3 rings (SSSR count). The number of aryl methyl sites for hydroxylation is 1. The third kappa shape index (κ3) is 7.39. The number of hydrogen-bond donors (Lipinski definition) is 5. The molecule has 5 N–H and O–H groups in total. The Balaban J connectivity index is 1.61. The van der Waals surface area contributed by atoms with E-state index in [1.807, 2.05) is 31.2 Å². The summed E-state index contributed by atoms with van der Waals surface area (Å²) in [4.78, 5) is 0. The lowest BCUT2D eigenvalue weighted by molar-refractivity contribution is 0.473. The van der Waals surface area contributed by atoms with Crippen LogP contribution >= 0.6 is 47.6 Å². The maximum atomic E-state index is 10.6. The molecule has 0 bridgehead atoms. The Morgan fingerprint density at radius 3 is 1.62 bits per heavy atom. The van der Waals surface area contributed by atoms with Crippen molar-refractivity contribution in [1.29, 1.82) is 0 Å². The summed E-state index contributed by atoms with van der Waals surface area (Å²) in [7, 11) is 0. The van der Waals surface area contributed by atoms with Crippen LogP contribution < -0.4 is 21.5 Å². The largest absolute Gasteiger partial charge is 0.507 e. The van der Waals surface area contributed by atoms with Crippen LogP contribution in [0.3, 0.4) is 0 Å². The number of para-hydroxylation sites is 2. The van der Waals surface area contributed by atoms with Crippen molar-refractivity contribution in [3.05, 3.63) is 87.4 Å². The van der Waals surface area contributed by atoms with Gasteiger partial charge in [-0.15, -0.1) is 0 Å². The van der Waals surface area contributed by atoms with E-state index in [1.54, 1.807) is 36.4 Å². The van der Waals surface area contributed by atoms with Crippen molar-refractivity contribution >= 4 is 81.7 Å². The molecule has 0 fully saturated rings. The minimum Gasteiger partial charge on any atom is -0.507 e. The number of halogens is 2. The van der Waals surface area contributed by atoms with Crippen LogP contribution in [0.15, 0.2) is 70.9 Å². The first-order chi connectivity index (χ1) is 16.3. The Morgan fingerprint density at radius 1 is 0.794 bits per heavy atom. The van der Waals surface area contributed by atoms with Gasteiger partial charge < -0.3 is 15.7 Å². The van der Waals surface area contributed by atoms with E-state index in [1.165, 1.54) is 12.4 Å². The highest BCUT2D eigenvalue weighted by atomic mass is 35.5. The summed E-state index contributed by atoms with van der Waals surface area (Å²) in [6.45, 7) is 1.89. The van der Waals surface area contributed by atoms with Crippen LogP contribution in [0.25, 0.3) is 0 Å². The van der Waals surface area contributed by atoms with Crippen molar-refractivity contribution in [2.75, 3.05) is 10.6 Å². The van der Waals surface area contributed by atoms with Gasteiger partial charge in [0.2, 0.25) is 0 Å². The van der Waals surface area contributed by atoms with E-state index in [2.05, 4.69) is 31.7 Å². The molecule has 0 unspecified atom stereocenters. The highest BCUT2D eigenvalue weighted by molar-refractivity contribution is 7.80. The number of hydrazone groups is 2. The Morgan fingerprint density at radius 2 is 1.21 bits per heavy atom.